The number of nitrogens with two attached hydrogens (primary N) is 1. The number of aryl methyl sites for hydroxylation is 1. The summed E-state index contributed by atoms with van der Waals surface area (Å²) >= 11 is 6.34. The fourth-order valence-corrected chi connectivity index (χ4v) is 4.14. The molecule has 8 heteroatoms. The van der Waals surface area contributed by atoms with Gasteiger partial charge in [-0.25, -0.2) is 0 Å². The number of rotatable bonds is 4. The summed E-state index contributed by atoms with van der Waals surface area (Å²) in [6.07, 6.45) is 1.21. The SMILES string of the molecule is CCCC1=C2C(c3c(Cl)noc3C)C(C#N)=C(N)N(c3ccccc3)C2N=N1. The van der Waals surface area contributed by atoms with E-state index in [0.29, 0.717) is 22.7 Å². The van der Waals surface area contributed by atoms with Gasteiger partial charge >= 0.3 is 0 Å². The number of hydrogen-bond donors (Lipinski definition) is 1. The molecule has 2 N–H and O–H groups in total. The molecular formula is C20H19ClN6O. The smallest absolute Gasteiger partial charge is 0.176 e. The first-order chi connectivity index (χ1) is 13.6. The lowest BCUT2D eigenvalue weighted by atomic mass is 9.79. The highest BCUT2D eigenvalue weighted by Crippen LogP contribution is 2.49. The summed E-state index contributed by atoms with van der Waals surface area (Å²) in [4.78, 5) is 1.85. The van der Waals surface area contributed by atoms with Crippen molar-refractivity contribution in [2.45, 2.75) is 38.8 Å². The van der Waals surface area contributed by atoms with E-state index in [2.05, 4.69) is 28.4 Å². The second kappa shape index (κ2) is 7.13. The van der Waals surface area contributed by atoms with Crippen molar-refractivity contribution in [1.82, 2.24) is 5.16 Å². The summed E-state index contributed by atoms with van der Waals surface area (Å²) < 4.78 is 5.28. The van der Waals surface area contributed by atoms with Crippen LogP contribution in [0.1, 0.15) is 37.0 Å². The second-order valence-electron chi connectivity index (χ2n) is 6.73. The predicted molar refractivity (Wildman–Crippen MR) is 105 cm³/mol. The highest BCUT2D eigenvalue weighted by molar-refractivity contribution is 6.30. The van der Waals surface area contributed by atoms with Crippen molar-refractivity contribution < 1.29 is 4.52 Å². The van der Waals surface area contributed by atoms with Crippen LogP contribution in [0.2, 0.25) is 5.15 Å². The Labute approximate surface area is 167 Å². The maximum atomic E-state index is 10.0. The minimum absolute atomic E-state index is 0.227. The highest BCUT2D eigenvalue weighted by Gasteiger charge is 2.45. The molecule has 2 aromatic rings. The molecule has 4 rings (SSSR count). The zero-order valence-corrected chi connectivity index (χ0v) is 16.3. The first-order valence-electron chi connectivity index (χ1n) is 9.07. The number of hydrogen-bond acceptors (Lipinski definition) is 7. The van der Waals surface area contributed by atoms with Crippen molar-refractivity contribution in [3.05, 3.63) is 69.5 Å². The summed E-state index contributed by atoms with van der Waals surface area (Å²) in [7, 11) is 0. The molecule has 0 aliphatic carbocycles. The Bertz CT molecular complexity index is 1030. The average molecular weight is 395 g/mol. The molecule has 2 unspecified atom stereocenters. The van der Waals surface area contributed by atoms with Gasteiger partial charge in [0, 0.05) is 16.8 Å². The third-order valence-electron chi connectivity index (χ3n) is 5.07. The number of nitriles is 1. The molecule has 2 aliphatic rings. The van der Waals surface area contributed by atoms with Crippen LogP contribution in [-0.2, 0) is 0 Å². The third-order valence-corrected chi connectivity index (χ3v) is 5.35. The molecule has 0 amide bonds. The number of fused-ring (bicyclic) bond motifs is 1. The topological polar surface area (TPSA) is 104 Å². The van der Waals surface area contributed by atoms with Gasteiger partial charge in [0.25, 0.3) is 0 Å². The van der Waals surface area contributed by atoms with Gasteiger partial charge < -0.3 is 10.3 Å². The van der Waals surface area contributed by atoms with Gasteiger partial charge in [0.15, 0.2) is 11.3 Å². The molecule has 3 heterocycles. The Balaban J connectivity index is 2.00. The fraction of sp³-hybridized carbons (Fsp3) is 0.300. The summed E-state index contributed by atoms with van der Waals surface area (Å²) in [6.45, 7) is 3.86. The summed E-state index contributed by atoms with van der Waals surface area (Å²) in [5.74, 6) is 0.406. The number of nitrogens with zero attached hydrogens (tertiary/aromatic N) is 5. The van der Waals surface area contributed by atoms with Crippen LogP contribution in [0, 0.1) is 18.3 Å². The van der Waals surface area contributed by atoms with Crippen molar-refractivity contribution in [3.63, 3.8) is 0 Å². The standard InChI is InChI=1S/C20H19ClN6O/c1-3-7-14-17-16(15-11(2)28-26-18(15)21)13(10-22)19(23)27(20(17)25-24-14)12-8-5-4-6-9-12/h4-6,8-9,16,20H,3,7,23H2,1-2H3. The Morgan fingerprint density at radius 3 is 2.68 bits per heavy atom. The molecule has 7 nitrogen and oxygen atoms in total. The number of para-hydroxylation sites is 1. The number of azo groups is 1. The van der Waals surface area contributed by atoms with E-state index in [1.54, 1.807) is 6.92 Å². The van der Waals surface area contributed by atoms with Crippen molar-refractivity contribution in [2.75, 3.05) is 4.90 Å². The van der Waals surface area contributed by atoms with Crippen LogP contribution in [0.4, 0.5) is 5.69 Å². The predicted octanol–water partition coefficient (Wildman–Crippen LogP) is 4.78. The van der Waals surface area contributed by atoms with Crippen molar-refractivity contribution in [1.29, 1.82) is 5.26 Å². The van der Waals surface area contributed by atoms with Crippen LogP contribution in [0.25, 0.3) is 0 Å². The van der Waals surface area contributed by atoms with Gasteiger partial charge in [0.05, 0.1) is 23.3 Å². The lowest BCUT2D eigenvalue weighted by Gasteiger charge is -2.38. The molecule has 0 saturated heterocycles. The van der Waals surface area contributed by atoms with Gasteiger partial charge in [-0.2, -0.15) is 15.5 Å². The molecule has 142 valence electrons. The number of aromatic nitrogens is 1. The Morgan fingerprint density at radius 1 is 1.32 bits per heavy atom. The molecule has 0 spiro atoms. The maximum absolute atomic E-state index is 10.0. The monoisotopic (exact) mass is 394 g/mol. The molecule has 2 aliphatic heterocycles. The van der Waals surface area contributed by atoms with Crippen molar-refractivity contribution in [3.8, 4) is 6.07 Å². The van der Waals surface area contributed by atoms with Crippen LogP contribution in [0.5, 0.6) is 0 Å². The van der Waals surface area contributed by atoms with Crippen LogP contribution in [0.15, 0.2) is 67.7 Å². The summed E-state index contributed by atoms with van der Waals surface area (Å²) in [5, 5.41) is 23.1. The summed E-state index contributed by atoms with van der Waals surface area (Å²) in [5.41, 5.74) is 10.2. The first-order valence-corrected chi connectivity index (χ1v) is 9.45. The minimum atomic E-state index is -0.481. The van der Waals surface area contributed by atoms with E-state index < -0.39 is 12.1 Å². The molecule has 0 bridgehead atoms. The molecule has 2 atom stereocenters. The van der Waals surface area contributed by atoms with E-state index in [1.807, 2.05) is 35.2 Å². The molecule has 0 fully saturated rings. The highest BCUT2D eigenvalue weighted by atomic mass is 35.5. The van der Waals surface area contributed by atoms with Gasteiger partial charge in [0.1, 0.15) is 11.6 Å². The molecule has 0 saturated carbocycles. The molecule has 1 aromatic heterocycles. The van der Waals surface area contributed by atoms with Crippen molar-refractivity contribution >= 4 is 17.3 Å². The van der Waals surface area contributed by atoms with E-state index in [1.165, 1.54) is 0 Å². The Kier molecular flexibility index (Phi) is 4.65. The number of allylic oxidation sites excluding steroid dienone is 2. The Hall–Kier alpha value is -3.11. The lowest BCUT2D eigenvalue weighted by Crippen LogP contribution is -2.44. The van der Waals surface area contributed by atoms with Crippen molar-refractivity contribution in [2.24, 2.45) is 16.0 Å². The van der Waals surface area contributed by atoms with Gasteiger partial charge in [-0.05, 0) is 25.5 Å². The molecule has 1 aromatic carbocycles. The van der Waals surface area contributed by atoms with E-state index >= 15 is 0 Å². The van der Waals surface area contributed by atoms with E-state index in [-0.39, 0.29) is 5.15 Å². The maximum Gasteiger partial charge on any atom is 0.176 e. The van der Waals surface area contributed by atoms with Crippen LogP contribution in [-0.4, -0.2) is 11.3 Å². The largest absolute Gasteiger partial charge is 0.384 e. The van der Waals surface area contributed by atoms with E-state index in [4.69, 9.17) is 21.9 Å². The van der Waals surface area contributed by atoms with Gasteiger partial charge in [-0.15, -0.1) is 0 Å². The van der Waals surface area contributed by atoms with E-state index in [9.17, 15) is 5.26 Å². The van der Waals surface area contributed by atoms with Gasteiger partial charge in [-0.3, -0.25) is 4.90 Å². The Morgan fingerprint density at radius 2 is 2.07 bits per heavy atom. The fourth-order valence-electron chi connectivity index (χ4n) is 3.86. The lowest BCUT2D eigenvalue weighted by molar-refractivity contribution is 0.396. The van der Waals surface area contributed by atoms with Crippen LogP contribution in [0.3, 0.4) is 0 Å². The quantitative estimate of drug-likeness (QED) is 0.803. The average Bonchev–Trinajstić information content (AvgIpc) is 3.25. The number of halogens is 1. The number of anilines is 1. The second-order valence-corrected chi connectivity index (χ2v) is 7.09. The minimum Gasteiger partial charge on any atom is -0.384 e. The third kappa shape index (κ3) is 2.69. The van der Waals surface area contributed by atoms with Crippen LogP contribution >= 0.6 is 11.6 Å². The number of benzene rings is 1. The molecule has 28 heavy (non-hydrogen) atoms. The first kappa shape index (κ1) is 18.3. The normalized spacial score (nSPS) is 21.3. The summed E-state index contributed by atoms with van der Waals surface area (Å²) in [6, 6.07) is 11.9. The molecule has 0 radical (unpaired) electrons. The molecular weight excluding hydrogens is 376 g/mol. The van der Waals surface area contributed by atoms with Crippen LogP contribution < -0.4 is 10.6 Å². The zero-order valence-electron chi connectivity index (χ0n) is 15.6. The van der Waals surface area contributed by atoms with E-state index in [0.717, 1.165) is 29.8 Å². The van der Waals surface area contributed by atoms with Gasteiger partial charge in [-0.1, -0.05) is 48.3 Å². The van der Waals surface area contributed by atoms with Gasteiger partial charge in [0.2, 0.25) is 0 Å². The zero-order chi connectivity index (χ0) is 19.8.